The minimum absolute atomic E-state index is 0.627. The fourth-order valence-electron chi connectivity index (χ4n) is 1.20. The van der Waals surface area contributed by atoms with Crippen molar-refractivity contribution in [3.05, 3.63) is 23.5 Å². The van der Waals surface area contributed by atoms with Gasteiger partial charge in [-0.1, -0.05) is 5.16 Å². The quantitative estimate of drug-likeness (QED) is 0.572. The van der Waals surface area contributed by atoms with Gasteiger partial charge in [-0.05, 0) is 25.5 Å². The molecule has 0 radical (unpaired) electrons. The van der Waals surface area contributed by atoms with Gasteiger partial charge in [0.15, 0.2) is 0 Å². The molecule has 0 spiro atoms. The molecule has 0 fully saturated rings. The third-order valence-electron chi connectivity index (χ3n) is 1.76. The number of hydrogen-bond donors (Lipinski definition) is 0. The molecule has 0 aromatic carbocycles. The second kappa shape index (κ2) is 2.05. The Hall–Kier alpha value is -1.38. The average molecular weight is 148 g/mol. The topological polar surface area (TPSA) is 38.9 Å². The molecule has 2 heterocycles. The highest BCUT2D eigenvalue weighted by atomic mass is 16.5. The van der Waals surface area contributed by atoms with Crippen LogP contribution in [0.1, 0.15) is 11.3 Å². The Labute approximate surface area is 64.0 Å². The van der Waals surface area contributed by atoms with E-state index in [4.69, 9.17) is 4.52 Å². The highest BCUT2D eigenvalue weighted by molar-refractivity contribution is 5.79. The molecular weight excluding hydrogens is 140 g/mol. The third-order valence-corrected chi connectivity index (χ3v) is 1.76. The summed E-state index contributed by atoms with van der Waals surface area (Å²) in [5.74, 6) is 0. The van der Waals surface area contributed by atoms with Crippen molar-refractivity contribution in [1.29, 1.82) is 0 Å². The van der Waals surface area contributed by atoms with Crippen molar-refractivity contribution in [3.8, 4) is 0 Å². The summed E-state index contributed by atoms with van der Waals surface area (Å²) in [7, 11) is 0. The van der Waals surface area contributed by atoms with Crippen LogP contribution in [0.5, 0.6) is 0 Å². The van der Waals surface area contributed by atoms with Gasteiger partial charge in [0.25, 0.3) is 5.71 Å². The summed E-state index contributed by atoms with van der Waals surface area (Å²) in [6.07, 6.45) is 1.72. The molecule has 0 unspecified atom stereocenters. The maximum atomic E-state index is 4.97. The molecule has 11 heavy (non-hydrogen) atoms. The van der Waals surface area contributed by atoms with Crippen LogP contribution in [0.3, 0.4) is 0 Å². The molecule has 0 saturated heterocycles. The molecule has 2 rings (SSSR count). The van der Waals surface area contributed by atoms with Gasteiger partial charge in [-0.25, -0.2) is 4.98 Å². The van der Waals surface area contributed by atoms with Gasteiger partial charge in [0.05, 0.1) is 11.1 Å². The van der Waals surface area contributed by atoms with Crippen LogP contribution >= 0.6 is 0 Å². The molecule has 0 aliphatic rings. The smallest absolute Gasteiger partial charge is 0.258 e. The summed E-state index contributed by atoms with van der Waals surface area (Å²) in [6.45, 7) is 3.94. The zero-order valence-electron chi connectivity index (χ0n) is 6.46. The summed E-state index contributed by atoms with van der Waals surface area (Å²) in [5, 5.41) is 4.85. The predicted octanol–water partition coefficient (Wildman–Crippen LogP) is 1.84. The van der Waals surface area contributed by atoms with Crippen LogP contribution in [-0.2, 0) is 0 Å². The van der Waals surface area contributed by atoms with Gasteiger partial charge in [-0.3, -0.25) is 0 Å². The minimum Gasteiger partial charge on any atom is -0.336 e. The van der Waals surface area contributed by atoms with Crippen LogP contribution in [-0.4, -0.2) is 10.1 Å². The second-order valence-electron chi connectivity index (χ2n) is 2.58. The standard InChI is InChI=1S/C8H8N2O/c1-5-3-4-9-8-7(5)6(2)10-11-8/h3-4H,1-2H3. The Morgan fingerprint density at radius 2 is 2.18 bits per heavy atom. The van der Waals surface area contributed by atoms with Crippen molar-refractivity contribution in [2.24, 2.45) is 0 Å². The van der Waals surface area contributed by atoms with Crippen LogP contribution in [0.2, 0.25) is 0 Å². The molecule has 3 nitrogen and oxygen atoms in total. The maximum Gasteiger partial charge on any atom is 0.258 e. The lowest BCUT2D eigenvalue weighted by molar-refractivity contribution is 0.443. The van der Waals surface area contributed by atoms with Crippen molar-refractivity contribution < 1.29 is 4.52 Å². The average Bonchev–Trinajstić information content (AvgIpc) is 2.34. The minimum atomic E-state index is 0.627. The molecule has 2 aromatic rings. The van der Waals surface area contributed by atoms with Crippen molar-refractivity contribution in [2.45, 2.75) is 13.8 Å². The number of aryl methyl sites for hydroxylation is 2. The van der Waals surface area contributed by atoms with E-state index in [0.29, 0.717) is 5.71 Å². The van der Waals surface area contributed by atoms with Gasteiger partial charge >= 0.3 is 0 Å². The van der Waals surface area contributed by atoms with E-state index in [-0.39, 0.29) is 0 Å². The molecule has 0 aliphatic carbocycles. The number of fused-ring (bicyclic) bond motifs is 1. The molecule has 2 aromatic heterocycles. The normalized spacial score (nSPS) is 10.7. The van der Waals surface area contributed by atoms with Crippen molar-refractivity contribution in [2.75, 3.05) is 0 Å². The Morgan fingerprint density at radius 3 is 2.91 bits per heavy atom. The third kappa shape index (κ3) is 0.808. The van der Waals surface area contributed by atoms with E-state index in [0.717, 1.165) is 16.6 Å². The van der Waals surface area contributed by atoms with Gasteiger partial charge in [-0.15, -0.1) is 0 Å². The van der Waals surface area contributed by atoms with Gasteiger partial charge < -0.3 is 4.52 Å². The molecule has 0 atom stereocenters. The zero-order valence-corrected chi connectivity index (χ0v) is 6.46. The molecule has 0 N–H and O–H groups in total. The lowest BCUT2D eigenvalue weighted by atomic mass is 10.2. The van der Waals surface area contributed by atoms with E-state index < -0.39 is 0 Å². The zero-order chi connectivity index (χ0) is 7.84. The molecule has 3 heteroatoms. The predicted molar refractivity (Wildman–Crippen MR) is 41.3 cm³/mol. The van der Waals surface area contributed by atoms with Gasteiger partial charge in [-0.2, -0.15) is 0 Å². The molecule has 56 valence electrons. The van der Waals surface area contributed by atoms with Crippen LogP contribution in [0.15, 0.2) is 16.8 Å². The van der Waals surface area contributed by atoms with Crippen LogP contribution < -0.4 is 0 Å². The Balaban J connectivity index is 2.96. The second-order valence-corrected chi connectivity index (χ2v) is 2.58. The summed E-state index contributed by atoms with van der Waals surface area (Å²) in [4.78, 5) is 4.03. The summed E-state index contributed by atoms with van der Waals surface area (Å²) in [6, 6.07) is 1.95. The Morgan fingerprint density at radius 1 is 1.36 bits per heavy atom. The van der Waals surface area contributed by atoms with E-state index in [9.17, 15) is 0 Å². The maximum absolute atomic E-state index is 4.97. The summed E-state index contributed by atoms with van der Waals surface area (Å²) in [5.41, 5.74) is 2.70. The number of nitrogens with zero attached hydrogens (tertiary/aromatic N) is 2. The van der Waals surface area contributed by atoms with Gasteiger partial charge in [0, 0.05) is 6.20 Å². The van der Waals surface area contributed by atoms with E-state index in [2.05, 4.69) is 10.1 Å². The molecule has 0 bridgehead atoms. The number of rotatable bonds is 0. The molecule has 0 saturated carbocycles. The largest absolute Gasteiger partial charge is 0.336 e. The summed E-state index contributed by atoms with van der Waals surface area (Å²) >= 11 is 0. The van der Waals surface area contributed by atoms with E-state index >= 15 is 0 Å². The first-order valence-electron chi connectivity index (χ1n) is 3.46. The summed E-state index contributed by atoms with van der Waals surface area (Å²) < 4.78 is 4.97. The van der Waals surface area contributed by atoms with Crippen LogP contribution in [0.25, 0.3) is 11.1 Å². The molecule has 0 aliphatic heterocycles. The first-order valence-corrected chi connectivity index (χ1v) is 3.46. The van der Waals surface area contributed by atoms with Crippen molar-refractivity contribution in [1.82, 2.24) is 10.1 Å². The molecular formula is C8H8N2O. The van der Waals surface area contributed by atoms with Crippen LogP contribution in [0.4, 0.5) is 0 Å². The number of hydrogen-bond acceptors (Lipinski definition) is 3. The van der Waals surface area contributed by atoms with Gasteiger partial charge in [0.2, 0.25) is 0 Å². The van der Waals surface area contributed by atoms with E-state index in [1.165, 1.54) is 0 Å². The lowest BCUT2D eigenvalue weighted by Gasteiger charge is -1.90. The highest BCUT2D eigenvalue weighted by Crippen LogP contribution is 2.18. The highest BCUT2D eigenvalue weighted by Gasteiger charge is 2.05. The monoisotopic (exact) mass is 148 g/mol. The lowest BCUT2D eigenvalue weighted by Crippen LogP contribution is -1.78. The fraction of sp³-hybridized carbons (Fsp3) is 0.250. The van der Waals surface area contributed by atoms with Crippen LogP contribution in [0, 0.1) is 13.8 Å². The number of aromatic nitrogens is 2. The van der Waals surface area contributed by atoms with Crippen molar-refractivity contribution in [3.63, 3.8) is 0 Å². The van der Waals surface area contributed by atoms with E-state index in [1.807, 2.05) is 19.9 Å². The Kier molecular flexibility index (Phi) is 1.18. The van der Waals surface area contributed by atoms with Gasteiger partial charge in [0.1, 0.15) is 0 Å². The number of pyridine rings is 1. The Bertz CT molecular complexity index is 392. The first kappa shape index (κ1) is 6.34. The van der Waals surface area contributed by atoms with E-state index in [1.54, 1.807) is 6.20 Å². The first-order chi connectivity index (χ1) is 5.29. The molecule has 0 amide bonds. The fourth-order valence-corrected chi connectivity index (χ4v) is 1.20. The SMILES string of the molecule is Cc1ccnc2onc(C)c12. The van der Waals surface area contributed by atoms with Crippen molar-refractivity contribution >= 4 is 11.1 Å².